The number of pyridine rings is 1. The lowest BCUT2D eigenvalue weighted by Crippen LogP contribution is -2.15. The number of sulfonamides is 1. The Bertz CT molecular complexity index is 768. The van der Waals surface area contributed by atoms with Gasteiger partial charge in [0.15, 0.2) is 0 Å². The molecule has 0 bridgehead atoms. The Labute approximate surface area is 124 Å². The molecule has 1 aromatic heterocycles. The average molecular weight is 336 g/mol. The largest absolute Gasteiger partial charge is 0.396 e. The molecule has 9 heteroatoms. The second-order valence-corrected chi connectivity index (χ2v) is 6.26. The molecule has 0 spiro atoms. The number of nitrogen functional groups attached to an aromatic ring is 1. The number of rotatable bonds is 3. The van der Waals surface area contributed by atoms with E-state index in [4.69, 9.17) is 28.9 Å². The van der Waals surface area contributed by atoms with Gasteiger partial charge in [-0.1, -0.05) is 23.2 Å². The van der Waals surface area contributed by atoms with Crippen LogP contribution >= 0.6 is 23.2 Å². The molecule has 0 amide bonds. The standard InChI is InChI=1S/C11H8Cl2FN3O2S/c12-6-1-2-16-11(3-6)17-20(18,19)10-5-9(15)8(14)4-7(10)13/h1-5H,15H2,(H,16,17). The molecule has 1 heterocycles. The number of benzene rings is 1. The highest BCUT2D eigenvalue weighted by atomic mass is 35.5. The summed E-state index contributed by atoms with van der Waals surface area (Å²) in [6.45, 7) is 0. The number of aromatic nitrogens is 1. The zero-order chi connectivity index (χ0) is 14.9. The van der Waals surface area contributed by atoms with Crippen LogP contribution in [-0.4, -0.2) is 13.4 Å². The summed E-state index contributed by atoms with van der Waals surface area (Å²) >= 11 is 11.4. The summed E-state index contributed by atoms with van der Waals surface area (Å²) in [7, 11) is -4.05. The van der Waals surface area contributed by atoms with Crippen molar-refractivity contribution in [2.45, 2.75) is 4.90 Å². The van der Waals surface area contributed by atoms with Crippen LogP contribution in [0.2, 0.25) is 10.0 Å². The molecule has 0 unspecified atom stereocenters. The molecule has 0 fully saturated rings. The fraction of sp³-hybridized carbons (Fsp3) is 0. The van der Waals surface area contributed by atoms with E-state index < -0.39 is 15.8 Å². The Balaban J connectivity index is 2.43. The molecule has 0 atom stereocenters. The fourth-order valence-corrected chi connectivity index (χ4v) is 3.11. The van der Waals surface area contributed by atoms with Gasteiger partial charge in [0, 0.05) is 17.3 Å². The van der Waals surface area contributed by atoms with Gasteiger partial charge in [-0.05, 0) is 18.2 Å². The first-order chi connectivity index (χ1) is 9.29. The van der Waals surface area contributed by atoms with Gasteiger partial charge in [-0.2, -0.15) is 0 Å². The second kappa shape index (κ2) is 5.43. The predicted molar refractivity (Wildman–Crippen MR) is 75.9 cm³/mol. The van der Waals surface area contributed by atoms with E-state index in [0.29, 0.717) is 5.02 Å². The van der Waals surface area contributed by atoms with Crippen molar-refractivity contribution in [2.75, 3.05) is 10.5 Å². The molecule has 1 aromatic carbocycles. The molecule has 106 valence electrons. The van der Waals surface area contributed by atoms with E-state index in [1.54, 1.807) is 0 Å². The van der Waals surface area contributed by atoms with Gasteiger partial charge in [0.1, 0.15) is 16.5 Å². The van der Waals surface area contributed by atoms with Gasteiger partial charge in [-0.15, -0.1) is 0 Å². The van der Waals surface area contributed by atoms with Crippen molar-refractivity contribution >= 4 is 44.7 Å². The van der Waals surface area contributed by atoms with Crippen molar-refractivity contribution in [1.29, 1.82) is 0 Å². The fourth-order valence-electron chi connectivity index (χ4n) is 1.40. The van der Waals surface area contributed by atoms with Crippen molar-refractivity contribution in [3.8, 4) is 0 Å². The maximum Gasteiger partial charge on any atom is 0.264 e. The van der Waals surface area contributed by atoms with E-state index in [1.165, 1.54) is 18.3 Å². The van der Waals surface area contributed by atoms with Crippen LogP contribution < -0.4 is 10.5 Å². The highest BCUT2D eigenvalue weighted by Gasteiger charge is 2.20. The number of nitrogens with one attached hydrogen (secondary N) is 1. The molecular weight excluding hydrogens is 328 g/mol. The third-order valence-corrected chi connectivity index (χ3v) is 4.36. The number of nitrogens with zero attached hydrogens (tertiary/aromatic N) is 1. The molecule has 2 aromatic rings. The number of halogens is 3. The number of hydrogen-bond acceptors (Lipinski definition) is 4. The monoisotopic (exact) mass is 335 g/mol. The highest BCUT2D eigenvalue weighted by Crippen LogP contribution is 2.27. The number of anilines is 2. The molecule has 0 aliphatic carbocycles. The first-order valence-corrected chi connectivity index (χ1v) is 7.42. The van der Waals surface area contributed by atoms with E-state index in [9.17, 15) is 12.8 Å². The van der Waals surface area contributed by atoms with Gasteiger partial charge < -0.3 is 5.73 Å². The van der Waals surface area contributed by atoms with Crippen LogP contribution in [-0.2, 0) is 10.0 Å². The first-order valence-electron chi connectivity index (χ1n) is 5.18. The summed E-state index contributed by atoms with van der Waals surface area (Å²) < 4.78 is 39.6. The van der Waals surface area contributed by atoms with Crippen LogP contribution in [0, 0.1) is 5.82 Å². The molecule has 20 heavy (non-hydrogen) atoms. The van der Waals surface area contributed by atoms with Gasteiger partial charge in [-0.3, -0.25) is 4.72 Å². The SMILES string of the molecule is Nc1cc(S(=O)(=O)Nc2cc(Cl)ccn2)c(Cl)cc1F. The van der Waals surface area contributed by atoms with E-state index in [0.717, 1.165) is 12.1 Å². The molecule has 3 N–H and O–H groups in total. The van der Waals surface area contributed by atoms with Gasteiger partial charge in [0.2, 0.25) is 0 Å². The van der Waals surface area contributed by atoms with Crippen molar-refractivity contribution < 1.29 is 12.8 Å². The van der Waals surface area contributed by atoms with E-state index in [-0.39, 0.29) is 21.4 Å². The summed E-state index contributed by atoms with van der Waals surface area (Å²) in [5.41, 5.74) is 5.02. The second-order valence-electron chi connectivity index (χ2n) is 3.77. The number of hydrogen-bond donors (Lipinski definition) is 2. The van der Waals surface area contributed by atoms with Crippen LogP contribution in [0.4, 0.5) is 15.9 Å². The lowest BCUT2D eigenvalue weighted by atomic mass is 10.3. The third-order valence-electron chi connectivity index (χ3n) is 2.30. The molecule has 0 aliphatic heterocycles. The van der Waals surface area contributed by atoms with Gasteiger partial charge in [0.05, 0.1) is 10.7 Å². The summed E-state index contributed by atoms with van der Waals surface area (Å²) in [6.07, 6.45) is 1.33. The Hall–Kier alpha value is -1.57. The van der Waals surface area contributed by atoms with Crippen LogP contribution in [0.5, 0.6) is 0 Å². The van der Waals surface area contributed by atoms with Gasteiger partial charge >= 0.3 is 0 Å². The molecule has 5 nitrogen and oxygen atoms in total. The molecule has 2 rings (SSSR count). The zero-order valence-corrected chi connectivity index (χ0v) is 12.1. The third kappa shape index (κ3) is 3.12. The van der Waals surface area contributed by atoms with Crippen molar-refractivity contribution in [3.63, 3.8) is 0 Å². The Kier molecular flexibility index (Phi) is 4.03. The lowest BCUT2D eigenvalue weighted by Gasteiger charge is -2.10. The maximum atomic E-state index is 13.2. The average Bonchev–Trinajstić information content (AvgIpc) is 2.33. The normalized spacial score (nSPS) is 11.3. The molecule has 0 aliphatic rings. The van der Waals surface area contributed by atoms with E-state index in [1.807, 2.05) is 0 Å². The van der Waals surface area contributed by atoms with Crippen molar-refractivity contribution in [3.05, 3.63) is 46.3 Å². The summed E-state index contributed by atoms with van der Waals surface area (Å²) in [5.74, 6) is -0.786. The van der Waals surface area contributed by atoms with Crippen LogP contribution in [0.15, 0.2) is 35.4 Å². The van der Waals surface area contributed by atoms with E-state index >= 15 is 0 Å². The smallest absolute Gasteiger partial charge is 0.264 e. The minimum absolute atomic E-state index is 0.0106. The Morgan fingerprint density at radius 1 is 1.25 bits per heavy atom. The van der Waals surface area contributed by atoms with Gasteiger partial charge in [-0.25, -0.2) is 17.8 Å². The van der Waals surface area contributed by atoms with Crippen molar-refractivity contribution in [1.82, 2.24) is 4.98 Å². The number of nitrogens with two attached hydrogens (primary N) is 1. The first kappa shape index (κ1) is 14.8. The molecular formula is C11H8Cl2FN3O2S. The van der Waals surface area contributed by atoms with E-state index in [2.05, 4.69) is 9.71 Å². The molecule has 0 saturated carbocycles. The van der Waals surface area contributed by atoms with Crippen LogP contribution in [0.25, 0.3) is 0 Å². The predicted octanol–water partition coefficient (Wildman–Crippen LogP) is 2.91. The van der Waals surface area contributed by atoms with Crippen molar-refractivity contribution in [2.24, 2.45) is 0 Å². The summed E-state index contributed by atoms with van der Waals surface area (Å²) in [5, 5.41) is 0.0219. The topological polar surface area (TPSA) is 85.1 Å². The highest BCUT2D eigenvalue weighted by molar-refractivity contribution is 7.92. The summed E-state index contributed by atoms with van der Waals surface area (Å²) in [6, 6.07) is 4.57. The minimum Gasteiger partial charge on any atom is -0.396 e. The quantitative estimate of drug-likeness (QED) is 0.844. The summed E-state index contributed by atoms with van der Waals surface area (Å²) in [4.78, 5) is 3.45. The molecule has 0 radical (unpaired) electrons. The molecule has 0 saturated heterocycles. The van der Waals surface area contributed by atoms with Gasteiger partial charge in [0.25, 0.3) is 10.0 Å². The van der Waals surface area contributed by atoms with Crippen LogP contribution in [0.1, 0.15) is 0 Å². The van der Waals surface area contributed by atoms with Crippen LogP contribution in [0.3, 0.4) is 0 Å². The minimum atomic E-state index is -4.05. The maximum absolute atomic E-state index is 13.2. The lowest BCUT2D eigenvalue weighted by molar-refractivity contribution is 0.600. The zero-order valence-electron chi connectivity index (χ0n) is 9.77. The Morgan fingerprint density at radius 3 is 2.60 bits per heavy atom. The Morgan fingerprint density at radius 2 is 1.95 bits per heavy atom.